The van der Waals surface area contributed by atoms with Crippen molar-refractivity contribution in [1.82, 2.24) is 0 Å². The number of benzene rings is 1. The molecule has 120 valence electrons. The minimum Gasteiger partial charge on any atom is -0.496 e. The Labute approximate surface area is 120 Å². The number of aliphatic hydroxyl groups is 2. The number of ether oxygens (including phenoxy) is 1. The zero-order chi connectivity index (χ0) is 16.5. The number of rotatable bonds is 5. The second kappa shape index (κ2) is 5.81. The van der Waals surface area contributed by atoms with Crippen LogP contribution in [0.15, 0.2) is 18.2 Å². The van der Waals surface area contributed by atoms with Gasteiger partial charge in [0, 0.05) is 5.56 Å². The highest BCUT2D eigenvalue weighted by molar-refractivity contribution is 5.39. The van der Waals surface area contributed by atoms with E-state index in [2.05, 4.69) is 0 Å². The molecule has 0 spiro atoms. The van der Waals surface area contributed by atoms with Crippen molar-refractivity contribution < 1.29 is 32.5 Å². The summed E-state index contributed by atoms with van der Waals surface area (Å²) < 4.78 is 57.1. The third-order valence-corrected chi connectivity index (χ3v) is 3.41. The van der Waals surface area contributed by atoms with Crippen molar-refractivity contribution in [2.45, 2.75) is 37.5 Å². The Morgan fingerprint density at radius 1 is 1.19 bits per heavy atom. The molecule has 0 aromatic heterocycles. The highest BCUT2D eigenvalue weighted by atomic mass is 19.4. The first-order valence-corrected chi connectivity index (χ1v) is 6.21. The third kappa shape index (κ3) is 3.65. The number of hydrogen-bond donors (Lipinski definition) is 2. The molecule has 1 aromatic rings. The Morgan fingerprint density at radius 2 is 1.76 bits per heavy atom. The molecule has 0 saturated carbocycles. The van der Waals surface area contributed by atoms with Gasteiger partial charge >= 0.3 is 6.18 Å². The van der Waals surface area contributed by atoms with Gasteiger partial charge < -0.3 is 14.9 Å². The molecule has 3 nitrogen and oxygen atoms in total. The molecular formula is C14H18F4O3. The smallest absolute Gasteiger partial charge is 0.419 e. The molecule has 2 N–H and O–H groups in total. The van der Waals surface area contributed by atoms with Crippen LogP contribution < -0.4 is 4.74 Å². The van der Waals surface area contributed by atoms with Crippen molar-refractivity contribution in [2.75, 3.05) is 13.7 Å². The SMILES string of the molecule is COc1ccc(F)cc1C(C)(C)CC(O)(CO)C(F)(F)F. The first-order chi connectivity index (χ1) is 9.47. The molecule has 1 atom stereocenters. The van der Waals surface area contributed by atoms with Gasteiger partial charge in [-0.25, -0.2) is 4.39 Å². The lowest BCUT2D eigenvalue weighted by atomic mass is 9.74. The van der Waals surface area contributed by atoms with E-state index in [1.165, 1.54) is 27.0 Å². The van der Waals surface area contributed by atoms with E-state index >= 15 is 0 Å². The van der Waals surface area contributed by atoms with Crippen LogP contribution in [0.3, 0.4) is 0 Å². The highest BCUT2D eigenvalue weighted by Gasteiger charge is 2.55. The topological polar surface area (TPSA) is 49.7 Å². The first kappa shape index (κ1) is 17.7. The van der Waals surface area contributed by atoms with Gasteiger partial charge in [-0.15, -0.1) is 0 Å². The monoisotopic (exact) mass is 310 g/mol. The van der Waals surface area contributed by atoms with Gasteiger partial charge in [-0.1, -0.05) is 13.8 Å². The van der Waals surface area contributed by atoms with E-state index in [0.29, 0.717) is 0 Å². The summed E-state index contributed by atoms with van der Waals surface area (Å²) in [4.78, 5) is 0. The van der Waals surface area contributed by atoms with Crippen molar-refractivity contribution in [3.05, 3.63) is 29.6 Å². The van der Waals surface area contributed by atoms with E-state index in [1.54, 1.807) is 0 Å². The van der Waals surface area contributed by atoms with Crippen molar-refractivity contribution in [3.8, 4) is 5.75 Å². The molecule has 0 saturated heterocycles. The van der Waals surface area contributed by atoms with Crippen LogP contribution in [0.25, 0.3) is 0 Å². The molecule has 1 unspecified atom stereocenters. The fourth-order valence-corrected chi connectivity index (χ4v) is 2.28. The maximum atomic E-state index is 13.4. The average Bonchev–Trinajstić information content (AvgIpc) is 2.36. The van der Waals surface area contributed by atoms with Crippen LogP contribution in [0.1, 0.15) is 25.8 Å². The second-order valence-electron chi connectivity index (χ2n) is 5.59. The van der Waals surface area contributed by atoms with Gasteiger partial charge in [0.25, 0.3) is 0 Å². The summed E-state index contributed by atoms with van der Waals surface area (Å²) in [5.41, 5.74) is -4.37. The number of halogens is 4. The Kier molecular flexibility index (Phi) is 4.90. The van der Waals surface area contributed by atoms with Crippen molar-refractivity contribution in [2.24, 2.45) is 0 Å². The van der Waals surface area contributed by atoms with Crippen molar-refractivity contribution >= 4 is 0 Å². The molecule has 0 aliphatic carbocycles. The lowest BCUT2D eigenvalue weighted by Crippen LogP contribution is -2.52. The lowest BCUT2D eigenvalue weighted by Gasteiger charge is -2.37. The van der Waals surface area contributed by atoms with Gasteiger partial charge in [-0.3, -0.25) is 0 Å². The maximum absolute atomic E-state index is 13.4. The quantitative estimate of drug-likeness (QED) is 0.822. The molecule has 21 heavy (non-hydrogen) atoms. The largest absolute Gasteiger partial charge is 0.496 e. The summed E-state index contributed by atoms with van der Waals surface area (Å²) >= 11 is 0. The number of alkyl halides is 3. The van der Waals surface area contributed by atoms with E-state index in [9.17, 15) is 22.7 Å². The lowest BCUT2D eigenvalue weighted by molar-refractivity contribution is -0.277. The normalized spacial score (nSPS) is 15.7. The Morgan fingerprint density at radius 3 is 2.19 bits per heavy atom. The molecule has 0 aliphatic heterocycles. The van der Waals surface area contributed by atoms with Gasteiger partial charge in [0.2, 0.25) is 0 Å². The van der Waals surface area contributed by atoms with Crippen molar-refractivity contribution in [1.29, 1.82) is 0 Å². The summed E-state index contributed by atoms with van der Waals surface area (Å²) in [7, 11) is 1.31. The number of methoxy groups -OCH3 is 1. The first-order valence-electron chi connectivity index (χ1n) is 6.21. The molecule has 0 aliphatic rings. The van der Waals surface area contributed by atoms with E-state index in [1.807, 2.05) is 0 Å². The predicted octanol–water partition coefficient (Wildman–Crippen LogP) is 2.79. The van der Waals surface area contributed by atoms with Crippen molar-refractivity contribution in [3.63, 3.8) is 0 Å². The van der Waals surface area contributed by atoms with Gasteiger partial charge in [0.05, 0.1) is 13.7 Å². The maximum Gasteiger partial charge on any atom is 0.419 e. The summed E-state index contributed by atoms with van der Waals surface area (Å²) in [5, 5.41) is 18.6. The van der Waals surface area contributed by atoms with Gasteiger partial charge in [-0.05, 0) is 30.0 Å². The number of aliphatic hydroxyl groups excluding tert-OH is 1. The molecule has 0 fully saturated rings. The fourth-order valence-electron chi connectivity index (χ4n) is 2.28. The minimum atomic E-state index is -5.00. The van der Waals surface area contributed by atoms with Crippen LogP contribution in [0.4, 0.5) is 17.6 Å². The minimum absolute atomic E-state index is 0.182. The molecule has 0 heterocycles. The van der Waals surface area contributed by atoms with E-state index in [0.717, 1.165) is 12.1 Å². The Bertz CT molecular complexity index is 499. The molecular weight excluding hydrogens is 292 g/mol. The number of hydrogen-bond acceptors (Lipinski definition) is 3. The van der Waals surface area contributed by atoms with Crippen LogP contribution in [0.2, 0.25) is 0 Å². The van der Waals surface area contributed by atoms with E-state index in [-0.39, 0.29) is 11.3 Å². The Balaban J connectivity index is 3.25. The third-order valence-electron chi connectivity index (χ3n) is 3.41. The van der Waals surface area contributed by atoms with Crippen LogP contribution in [0.5, 0.6) is 5.75 Å². The van der Waals surface area contributed by atoms with Gasteiger partial charge in [-0.2, -0.15) is 13.2 Å². The summed E-state index contributed by atoms with van der Waals surface area (Å²) in [6.45, 7) is 1.35. The average molecular weight is 310 g/mol. The summed E-state index contributed by atoms with van der Waals surface area (Å²) in [5.74, 6) is -0.415. The van der Waals surface area contributed by atoms with Crippen LogP contribution in [-0.2, 0) is 5.41 Å². The molecule has 0 amide bonds. The van der Waals surface area contributed by atoms with Gasteiger partial charge in [0.15, 0.2) is 5.60 Å². The van der Waals surface area contributed by atoms with Crippen LogP contribution in [-0.4, -0.2) is 35.7 Å². The standard InChI is InChI=1S/C14H18F4O3/c1-12(2,7-13(20,8-19)14(16,17)18)10-6-9(15)4-5-11(10)21-3/h4-6,19-20H,7-8H2,1-3H3. The second-order valence-corrected chi connectivity index (χ2v) is 5.59. The van der Waals surface area contributed by atoms with E-state index < -0.39 is 36.0 Å². The molecule has 0 radical (unpaired) electrons. The van der Waals surface area contributed by atoms with Crippen LogP contribution >= 0.6 is 0 Å². The molecule has 7 heteroatoms. The fraction of sp³-hybridized carbons (Fsp3) is 0.571. The van der Waals surface area contributed by atoms with Gasteiger partial charge in [0.1, 0.15) is 11.6 Å². The molecule has 0 bridgehead atoms. The van der Waals surface area contributed by atoms with E-state index in [4.69, 9.17) is 9.84 Å². The molecule has 1 aromatic carbocycles. The predicted molar refractivity (Wildman–Crippen MR) is 68.7 cm³/mol. The summed E-state index contributed by atoms with van der Waals surface area (Å²) in [6.07, 6.45) is -5.83. The zero-order valence-corrected chi connectivity index (χ0v) is 12.0. The van der Waals surface area contributed by atoms with Crippen LogP contribution in [0, 0.1) is 5.82 Å². The Hall–Kier alpha value is -1.34. The zero-order valence-electron chi connectivity index (χ0n) is 12.0. The molecule has 1 rings (SSSR count). The highest BCUT2D eigenvalue weighted by Crippen LogP contribution is 2.43. The summed E-state index contributed by atoms with van der Waals surface area (Å²) in [6, 6.07) is 3.49.